The molecule has 2 aliphatic rings. The molecule has 0 spiro atoms. The van der Waals surface area contributed by atoms with E-state index in [1.165, 1.54) is 31.4 Å². The SMILES string of the molecule is CN1CCCC[C@@H]1c1ccc(N2CCN(C(=O)OC(C)(C)C)CC2)nc1. The van der Waals surface area contributed by atoms with Crippen molar-refractivity contribution in [1.82, 2.24) is 14.8 Å². The second kappa shape index (κ2) is 7.82. The van der Waals surface area contributed by atoms with Crippen LogP contribution in [0.15, 0.2) is 18.3 Å². The van der Waals surface area contributed by atoms with E-state index < -0.39 is 5.60 Å². The van der Waals surface area contributed by atoms with Gasteiger partial charge in [-0.2, -0.15) is 0 Å². The van der Waals surface area contributed by atoms with E-state index in [4.69, 9.17) is 9.72 Å². The summed E-state index contributed by atoms with van der Waals surface area (Å²) in [4.78, 5) is 23.3. The first-order valence-electron chi connectivity index (χ1n) is 9.72. The second-order valence-corrected chi connectivity index (χ2v) is 8.40. The average Bonchev–Trinajstić information content (AvgIpc) is 2.61. The number of likely N-dealkylation sites (tertiary alicyclic amines) is 1. The number of hydrogen-bond donors (Lipinski definition) is 0. The maximum absolute atomic E-state index is 12.2. The Morgan fingerprint density at radius 2 is 1.85 bits per heavy atom. The van der Waals surface area contributed by atoms with Crippen LogP contribution < -0.4 is 4.90 Å². The first-order valence-corrected chi connectivity index (χ1v) is 9.72. The van der Waals surface area contributed by atoms with Gasteiger partial charge in [-0.3, -0.25) is 4.90 Å². The molecule has 1 aromatic heterocycles. The lowest BCUT2D eigenvalue weighted by Crippen LogP contribution is -2.50. The van der Waals surface area contributed by atoms with Crippen molar-refractivity contribution in [3.05, 3.63) is 23.9 Å². The van der Waals surface area contributed by atoms with Crippen LogP contribution in [0.2, 0.25) is 0 Å². The number of piperazine rings is 1. The van der Waals surface area contributed by atoms with Crippen LogP contribution in [0, 0.1) is 0 Å². The van der Waals surface area contributed by atoms with E-state index in [-0.39, 0.29) is 6.09 Å². The van der Waals surface area contributed by atoms with Crippen molar-refractivity contribution in [1.29, 1.82) is 0 Å². The van der Waals surface area contributed by atoms with Crippen LogP contribution in [-0.4, -0.2) is 66.2 Å². The number of pyridine rings is 1. The zero-order chi connectivity index (χ0) is 18.7. The van der Waals surface area contributed by atoms with E-state index in [1.54, 1.807) is 4.90 Å². The number of ether oxygens (including phenoxy) is 1. The fourth-order valence-corrected chi connectivity index (χ4v) is 3.72. The predicted octanol–water partition coefficient (Wildman–Crippen LogP) is 3.30. The number of piperidine rings is 1. The van der Waals surface area contributed by atoms with E-state index in [1.807, 2.05) is 27.0 Å². The molecule has 3 rings (SSSR count). The van der Waals surface area contributed by atoms with Gasteiger partial charge in [0.1, 0.15) is 11.4 Å². The number of aromatic nitrogens is 1. The standard InChI is InChI=1S/C20H32N4O2/c1-20(2,3)26-19(25)24-13-11-23(12-14-24)18-9-8-16(15-21-18)17-7-5-6-10-22(17)4/h8-9,15,17H,5-7,10-14H2,1-4H3/t17-/m1/s1. The molecule has 2 fully saturated rings. The Morgan fingerprint density at radius 1 is 1.12 bits per heavy atom. The zero-order valence-electron chi connectivity index (χ0n) is 16.6. The molecule has 3 heterocycles. The zero-order valence-corrected chi connectivity index (χ0v) is 16.6. The molecule has 1 aromatic rings. The van der Waals surface area contributed by atoms with Gasteiger partial charge in [-0.25, -0.2) is 9.78 Å². The minimum absolute atomic E-state index is 0.221. The molecule has 2 aliphatic heterocycles. The van der Waals surface area contributed by atoms with Gasteiger partial charge in [-0.05, 0) is 58.8 Å². The van der Waals surface area contributed by atoms with Crippen LogP contribution in [0.4, 0.5) is 10.6 Å². The van der Waals surface area contributed by atoms with E-state index in [2.05, 4.69) is 29.0 Å². The molecule has 0 aromatic carbocycles. The largest absolute Gasteiger partial charge is 0.444 e. The molecule has 0 bridgehead atoms. The molecule has 2 saturated heterocycles. The Hall–Kier alpha value is -1.82. The van der Waals surface area contributed by atoms with Gasteiger partial charge in [0.05, 0.1) is 0 Å². The monoisotopic (exact) mass is 360 g/mol. The van der Waals surface area contributed by atoms with Crippen molar-refractivity contribution < 1.29 is 9.53 Å². The van der Waals surface area contributed by atoms with Crippen LogP contribution in [0.1, 0.15) is 51.6 Å². The minimum Gasteiger partial charge on any atom is -0.444 e. The number of rotatable bonds is 2. The number of nitrogens with zero attached hydrogens (tertiary/aromatic N) is 4. The molecule has 0 radical (unpaired) electrons. The third kappa shape index (κ3) is 4.67. The highest BCUT2D eigenvalue weighted by Crippen LogP contribution is 2.29. The third-order valence-electron chi connectivity index (χ3n) is 5.18. The molecular formula is C20H32N4O2. The number of hydrogen-bond acceptors (Lipinski definition) is 5. The van der Waals surface area contributed by atoms with Crippen molar-refractivity contribution in [3.63, 3.8) is 0 Å². The molecule has 6 nitrogen and oxygen atoms in total. The molecule has 1 amide bonds. The normalized spacial score (nSPS) is 22.4. The highest BCUT2D eigenvalue weighted by molar-refractivity contribution is 5.68. The van der Waals surface area contributed by atoms with E-state index in [0.29, 0.717) is 19.1 Å². The summed E-state index contributed by atoms with van der Waals surface area (Å²) in [6, 6.07) is 4.84. The minimum atomic E-state index is -0.447. The van der Waals surface area contributed by atoms with E-state index in [0.717, 1.165) is 18.9 Å². The van der Waals surface area contributed by atoms with Gasteiger partial charge in [0, 0.05) is 38.4 Å². The molecule has 6 heteroatoms. The number of carbonyl (C=O) groups excluding carboxylic acids is 1. The lowest BCUT2D eigenvalue weighted by atomic mass is 9.97. The van der Waals surface area contributed by atoms with Gasteiger partial charge < -0.3 is 14.5 Å². The van der Waals surface area contributed by atoms with Crippen LogP contribution in [0.25, 0.3) is 0 Å². The lowest BCUT2D eigenvalue weighted by Gasteiger charge is -2.36. The summed E-state index contributed by atoms with van der Waals surface area (Å²) in [5.74, 6) is 0.996. The van der Waals surface area contributed by atoms with Crippen molar-refractivity contribution in [2.24, 2.45) is 0 Å². The summed E-state index contributed by atoms with van der Waals surface area (Å²) < 4.78 is 5.46. The molecular weight excluding hydrogens is 328 g/mol. The van der Waals surface area contributed by atoms with Gasteiger partial charge in [0.2, 0.25) is 0 Å². The Morgan fingerprint density at radius 3 is 2.42 bits per heavy atom. The number of amides is 1. The molecule has 0 aliphatic carbocycles. The molecule has 0 saturated carbocycles. The topological polar surface area (TPSA) is 48.9 Å². The van der Waals surface area contributed by atoms with E-state index >= 15 is 0 Å². The highest BCUT2D eigenvalue weighted by atomic mass is 16.6. The average molecular weight is 361 g/mol. The summed E-state index contributed by atoms with van der Waals surface area (Å²) in [5, 5.41) is 0. The van der Waals surface area contributed by atoms with Crippen LogP contribution in [-0.2, 0) is 4.74 Å². The maximum Gasteiger partial charge on any atom is 0.410 e. The van der Waals surface area contributed by atoms with Crippen LogP contribution >= 0.6 is 0 Å². The second-order valence-electron chi connectivity index (χ2n) is 8.40. The molecule has 144 valence electrons. The smallest absolute Gasteiger partial charge is 0.410 e. The summed E-state index contributed by atoms with van der Waals surface area (Å²) in [6.07, 6.45) is 5.61. The summed E-state index contributed by atoms with van der Waals surface area (Å²) in [7, 11) is 2.20. The molecule has 0 unspecified atom stereocenters. The quantitative estimate of drug-likeness (QED) is 0.810. The van der Waals surface area contributed by atoms with Crippen molar-refractivity contribution in [2.45, 2.75) is 51.7 Å². The number of anilines is 1. The Balaban J connectivity index is 1.55. The van der Waals surface area contributed by atoms with Crippen molar-refractivity contribution >= 4 is 11.9 Å². The summed E-state index contributed by atoms with van der Waals surface area (Å²) >= 11 is 0. The molecule has 1 atom stereocenters. The van der Waals surface area contributed by atoms with Crippen molar-refractivity contribution in [3.8, 4) is 0 Å². The fraction of sp³-hybridized carbons (Fsp3) is 0.700. The van der Waals surface area contributed by atoms with Gasteiger partial charge in [0.25, 0.3) is 0 Å². The predicted molar refractivity (Wildman–Crippen MR) is 103 cm³/mol. The Kier molecular flexibility index (Phi) is 5.70. The first kappa shape index (κ1) is 19.0. The summed E-state index contributed by atoms with van der Waals surface area (Å²) in [6.45, 7) is 9.78. The third-order valence-corrected chi connectivity index (χ3v) is 5.18. The van der Waals surface area contributed by atoms with Gasteiger partial charge in [-0.15, -0.1) is 0 Å². The maximum atomic E-state index is 12.2. The molecule has 0 N–H and O–H groups in total. The molecule has 26 heavy (non-hydrogen) atoms. The van der Waals surface area contributed by atoms with Crippen molar-refractivity contribution in [2.75, 3.05) is 44.7 Å². The fourth-order valence-electron chi connectivity index (χ4n) is 3.72. The van der Waals surface area contributed by atoms with Crippen LogP contribution in [0.3, 0.4) is 0 Å². The van der Waals surface area contributed by atoms with Gasteiger partial charge in [0.15, 0.2) is 0 Å². The Labute approximate surface area is 157 Å². The lowest BCUT2D eigenvalue weighted by molar-refractivity contribution is 0.0240. The van der Waals surface area contributed by atoms with E-state index in [9.17, 15) is 4.79 Å². The summed E-state index contributed by atoms with van der Waals surface area (Å²) in [5.41, 5.74) is 0.862. The van der Waals surface area contributed by atoms with Gasteiger partial charge in [-0.1, -0.05) is 12.5 Å². The highest BCUT2D eigenvalue weighted by Gasteiger charge is 2.26. The number of carbonyl (C=O) groups is 1. The van der Waals surface area contributed by atoms with Crippen LogP contribution in [0.5, 0.6) is 0 Å². The van der Waals surface area contributed by atoms with Gasteiger partial charge >= 0.3 is 6.09 Å². The first-order chi connectivity index (χ1) is 12.3. The Bertz CT molecular complexity index is 603.